The number of rotatable bonds is 4. The second-order valence-electron chi connectivity index (χ2n) is 5.29. The van der Waals surface area contributed by atoms with Crippen molar-refractivity contribution in [2.75, 3.05) is 19.6 Å². The van der Waals surface area contributed by atoms with Crippen molar-refractivity contribution in [1.82, 2.24) is 10.1 Å². The Morgan fingerprint density at radius 2 is 2.20 bits per heavy atom. The number of piperidine rings is 1. The number of likely N-dealkylation sites (tertiary alicyclic amines) is 1. The molecule has 0 spiro atoms. The van der Waals surface area contributed by atoms with Crippen LogP contribution >= 0.6 is 11.6 Å². The fraction of sp³-hybridized carbons (Fsp3) is 0.533. The molecule has 1 aromatic carbocycles. The van der Waals surface area contributed by atoms with Gasteiger partial charge in [0.25, 0.3) is 5.88 Å². The fourth-order valence-corrected chi connectivity index (χ4v) is 2.87. The van der Waals surface area contributed by atoms with Crippen LogP contribution < -0.4 is 4.74 Å². The zero-order chi connectivity index (χ0) is 13.9. The summed E-state index contributed by atoms with van der Waals surface area (Å²) in [5.74, 6) is 0.566. The topological polar surface area (TPSA) is 38.5 Å². The second kappa shape index (κ2) is 6.02. The van der Waals surface area contributed by atoms with Crippen molar-refractivity contribution in [2.45, 2.75) is 32.3 Å². The van der Waals surface area contributed by atoms with Gasteiger partial charge in [0.1, 0.15) is 6.10 Å². The third-order valence-electron chi connectivity index (χ3n) is 3.75. The number of hydrogen-bond acceptors (Lipinski definition) is 4. The van der Waals surface area contributed by atoms with Gasteiger partial charge in [-0.1, -0.05) is 18.5 Å². The minimum atomic E-state index is 0.218. The molecule has 0 atom stereocenters. The highest BCUT2D eigenvalue weighted by Gasteiger charge is 2.22. The van der Waals surface area contributed by atoms with Crippen LogP contribution in [0.25, 0.3) is 11.0 Å². The van der Waals surface area contributed by atoms with Gasteiger partial charge in [-0.15, -0.1) is 0 Å². The summed E-state index contributed by atoms with van der Waals surface area (Å²) in [6.07, 6.45) is 3.50. The third-order valence-corrected chi connectivity index (χ3v) is 3.99. The molecule has 0 aliphatic carbocycles. The zero-order valence-corrected chi connectivity index (χ0v) is 12.4. The van der Waals surface area contributed by atoms with E-state index in [9.17, 15) is 0 Å². The number of benzene rings is 1. The lowest BCUT2D eigenvalue weighted by molar-refractivity contribution is 0.0948. The molecule has 0 saturated carbocycles. The van der Waals surface area contributed by atoms with Gasteiger partial charge in [0.2, 0.25) is 0 Å². The van der Waals surface area contributed by atoms with E-state index in [4.69, 9.17) is 20.9 Å². The smallest absolute Gasteiger partial charge is 0.262 e. The molecule has 1 saturated heterocycles. The molecule has 1 aliphatic rings. The third kappa shape index (κ3) is 2.91. The highest BCUT2D eigenvalue weighted by atomic mass is 35.5. The van der Waals surface area contributed by atoms with E-state index in [1.54, 1.807) is 6.07 Å². The Bertz CT molecular complexity index is 576. The first-order valence-electron chi connectivity index (χ1n) is 7.20. The lowest BCUT2D eigenvalue weighted by Crippen LogP contribution is -2.38. The van der Waals surface area contributed by atoms with Gasteiger partial charge in [-0.05, 0) is 49.2 Å². The van der Waals surface area contributed by atoms with Gasteiger partial charge in [-0.25, -0.2) is 0 Å². The molecule has 0 radical (unpaired) electrons. The van der Waals surface area contributed by atoms with Crippen LogP contribution in [-0.2, 0) is 0 Å². The van der Waals surface area contributed by atoms with Gasteiger partial charge in [0, 0.05) is 18.1 Å². The lowest BCUT2D eigenvalue weighted by Gasteiger charge is -2.31. The molecule has 0 amide bonds. The monoisotopic (exact) mass is 294 g/mol. The molecule has 2 heterocycles. The number of ether oxygens (including phenoxy) is 1. The second-order valence-corrected chi connectivity index (χ2v) is 5.72. The van der Waals surface area contributed by atoms with Gasteiger partial charge < -0.3 is 14.2 Å². The van der Waals surface area contributed by atoms with Crippen molar-refractivity contribution < 1.29 is 9.26 Å². The first kappa shape index (κ1) is 13.7. The van der Waals surface area contributed by atoms with Gasteiger partial charge in [0.05, 0.1) is 5.39 Å². The highest BCUT2D eigenvalue weighted by Crippen LogP contribution is 2.29. The quantitative estimate of drug-likeness (QED) is 0.861. The van der Waals surface area contributed by atoms with E-state index in [0.717, 1.165) is 31.3 Å². The summed E-state index contributed by atoms with van der Waals surface area (Å²) in [4.78, 5) is 2.48. The molecule has 1 aromatic heterocycles. The first-order chi connectivity index (χ1) is 9.76. The Hall–Kier alpha value is -1.26. The van der Waals surface area contributed by atoms with E-state index < -0.39 is 0 Å². The van der Waals surface area contributed by atoms with Crippen LogP contribution in [0.5, 0.6) is 5.88 Å². The van der Waals surface area contributed by atoms with Gasteiger partial charge in [0.15, 0.2) is 5.58 Å². The van der Waals surface area contributed by atoms with Crippen LogP contribution in [0.4, 0.5) is 0 Å². The average Bonchev–Trinajstić information content (AvgIpc) is 2.84. The largest absolute Gasteiger partial charge is 0.472 e. The molecule has 2 aromatic rings. The maximum absolute atomic E-state index is 6.01. The van der Waals surface area contributed by atoms with Crippen LogP contribution in [0.3, 0.4) is 0 Å². The van der Waals surface area contributed by atoms with Crippen LogP contribution in [0.1, 0.15) is 26.2 Å². The zero-order valence-electron chi connectivity index (χ0n) is 11.6. The Morgan fingerprint density at radius 1 is 1.40 bits per heavy atom. The SMILES string of the molecule is CCCN1CCC(Oc2noc3ccc(Cl)cc23)CC1. The Labute approximate surface area is 123 Å². The van der Waals surface area contributed by atoms with Crippen molar-refractivity contribution in [3.63, 3.8) is 0 Å². The van der Waals surface area contributed by atoms with Crippen LogP contribution in [0.2, 0.25) is 5.02 Å². The molecule has 1 fully saturated rings. The van der Waals surface area contributed by atoms with E-state index in [0.29, 0.717) is 16.5 Å². The summed E-state index contributed by atoms with van der Waals surface area (Å²) in [5, 5.41) is 5.54. The lowest BCUT2D eigenvalue weighted by atomic mass is 10.1. The Kier molecular flexibility index (Phi) is 4.13. The average molecular weight is 295 g/mol. The predicted molar refractivity (Wildman–Crippen MR) is 79.4 cm³/mol. The maximum Gasteiger partial charge on any atom is 0.262 e. The first-order valence-corrected chi connectivity index (χ1v) is 7.58. The normalized spacial score (nSPS) is 17.7. The predicted octanol–water partition coefficient (Wildman–Crippen LogP) is 3.73. The number of nitrogens with zero attached hydrogens (tertiary/aromatic N) is 2. The van der Waals surface area contributed by atoms with Crippen molar-refractivity contribution >= 4 is 22.6 Å². The van der Waals surface area contributed by atoms with Gasteiger partial charge >= 0.3 is 0 Å². The fourth-order valence-electron chi connectivity index (χ4n) is 2.70. The van der Waals surface area contributed by atoms with Crippen LogP contribution in [0.15, 0.2) is 22.7 Å². The Morgan fingerprint density at radius 3 is 2.95 bits per heavy atom. The molecule has 0 unspecified atom stereocenters. The molecule has 3 rings (SSSR count). The molecular formula is C15H19ClN2O2. The van der Waals surface area contributed by atoms with E-state index in [1.165, 1.54) is 13.0 Å². The molecule has 0 bridgehead atoms. The molecule has 0 N–H and O–H groups in total. The van der Waals surface area contributed by atoms with Crippen LogP contribution in [0, 0.1) is 0 Å². The molecule has 108 valence electrons. The van der Waals surface area contributed by atoms with E-state index >= 15 is 0 Å². The van der Waals surface area contributed by atoms with Crippen molar-refractivity contribution in [1.29, 1.82) is 0 Å². The summed E-state index contributed by atoms with van der Waals surface area (Å²) < 4.78 is 11.3. The summed E-state index contributed by atoms with van der Waals surface area (Å²) >= 11 is 6.01. The van der Waals surface area contributed by atoms with Crippen LogP contribution in [-0.4, -0.2) is 35.8 Å². The number of hydrogen-bond donors (Lipinski definition) is 0. The minimum Gasteiger partial charge on any atom is -0.472 e. The van der Waals surface area contributed by atoms with E-state index in [-0.39, 0.29) is 6.10 Å². The van der Waals surface area contributed by atoms with Crippen molar-refractivity contribution in [3.8, 4) is 5.88 Å². The molecule has 5 heteroatoms. The summed E-state index contributed by atoms with van der Waals surface area (Å²) in [7, 11) is 0. The van der Waals surface area contributed by atoms with Crippen molar-refractivity contribution in [3.05, 3.63) is 23.2 Å². The molecule has 4 nitrogen and oxygen atoms in total. The van der Waals surface area contributed by atoms with Gasteiger partial charge in [-0.2, -0.15) is 0 Å². The number of halogens is 1. The van der Waals surface area contributed by atoms with Crippen molar-refractivity contribution in [2.24, 2.45) is 0 Å². The van der Waals surface area contributed by atoms with E-state index in [2.05, 4.69) is 17.0 Å². The molecule has 20 heavy (non-hydrogen) atoms. The summed E-state index contributed by atoms with van der Waals surface area (Å²) in [6.45, 7) is 5.58. The van der Waals surface area contributed by atoms with E-state index in [1.807, 2.05) is 12.1 Å². The maximum atomic E-state index is 6.01. The number of aromatic nitrogens is 1. The van der Waals surface area contributed by atoms with Gasteiger partial charge in [-0.3, -0.25) is 0 Å². The summed E-state index contributed by atoms with van der Waals surface area (Å²) in [6, 6.07) is 5.46. The number of fused-ring (bicyclic) bond motifs is 1. The summed E-state index contributed by atoms with van der Waals surface area (Å²) in [5.41, 5.74) is 0.716. The molecular weight excluding hydrogens is 276 g/mol. The standard InChI is InChI=1S/C15H19ClN2O2/c1-2-7-18-8-5-12(6-9-18)19-15-13-10-11(16)3-4-14(13)20-17-15/h3-4,10,12H,2,5-9H2,1H3. The minimum absolute atomic E-state index is 0.218. The Balaban J connectivity index is 1.67. The molecule has 1 aliphatic heterocycles. The highest BCUT2D eigenvalue weighted by molar-refractivity contribution is 6.31.